The molecule has 0 bridgehead atoms. The maximum Gasteiger partial charge on any atom is 0.237 e. The molecule has 6 heteroatoms. The van der Waals surface area contributed by atoms with Gasteiger partial charge in [0.05, 0.1) is 17.5 Å². The van der Waals surface area contributed by atoms with Gasteiger partial charge in [0.2, 0.25) is 5.91 Å². The van der Waals surface area contributed by atoms with Gasteiger partial charge in [-0.2, -0.15) is 0 Å². The summed E-state index contributed by atoms with van der Waals surface area (Å²) < 4.78 is 23.1. The second-order valence-electron chi connectivity index (χ2n) is 5.54. The van der Waals surface area contributed by atoms with Gasteiger partial charge < -0.3 is 10.6 Å². The molecule has 1 rings (SSSR count). The van der Waals surface area contributed by atoms with Crippen LogP contribution in [0.15, 0.2) is 0 Å². The molecule has 1 fully saturated rings. The van der Waals surface area contributed by atoms with Gasteiger partial charge in [-0.3, -0.25) is 4.79 Å². The van der Waals surface area contributed by atoms with Crippen LogP contribution in [0, 0.1) is 0 Å². The van der Waals surface area contributed by atoms with Gasteiger partial charge in [-0.15, -0.1) is 0 Å². The van der Waals surface area contributed by atoms with Crippen molar-refractivity contribution in [1.29, 1.82) is 0 Å². The number of hydrogen-bond donors (Lipinski definition) is 2. The van der Waals surface area contributed by atoms with Crippen LogP contribution in [0.3, 0.4) is 0 Å². The zero-order valence-electron chi connectivity index (χ0n) is 12.1. The Balaban J connectivity index is 2.41. The van der Waals surface area contributed by atoms with Gasteiger partial charge in [-0.1, -0.05) is 13.3 Å². The predicted octanol–water partition coefficient (Wildman–Crippen LogP) is 0.847. The number of nitrogens with one attached hydrogen (secondary N) is 2. The van der Waals surface area contributed by atoms with Gasteiger partial charge in [0, 0.05) is 12.1 Å². The molecule has 19 heavy (non-hydrogen) atoms. The number of amides is 1. The van der Waals surface area contributed by atoms with E-state index in [4.69, 9.17) is 0 Å². The zero-order chi connectivity index (χ0) is 14.5. The van der Waals surface area contributed by atoms with E-state index in [0.717, 1.165) is 19.3 Å². The Morgan fingerprint density at radius 3 is 2.63 bits per heavy atom. The normalized spacial score (nSPS) is 25.5. The van der Waals surface area contributed by atoms with Crippen LogP contribution in [0.5, 0.6) is 0 Å². The first-order valence-electron chi connectivity index (χ1n) is 7.11. The van der Waals surface area contributed by atoms with E-state index in [2.05, 4.69) is 17.6 Å². The molecule has 0 aromatic heterocycles. The molecule has 0 spiro atoms. The van der Waals surface area contributed by atoms with Gasteiger partial charge in [0.1, 0.15) is 0 Å². The third-order valence-corrected chi connectivity index (χ3v) is 5.27. The minimum atomic E-state index is -2.93. The molecule has 1 heterocycles. The van der Waals surface area contributed by atoms with Crippen molar-refractivity contribution in [3.05, 3.63) is 0 Å². The largest absolute Gasteiger partial charge is 0.352 e. The Kier molecular flexibility index (Phi) is 6.26. The van der Waals surface area contributed by atoms with Crippen molar-refractivity contribution < 1.29 is 13.2 Å². The smallest absolute Gasteiger partial charge is 0.237 e. The maximum absolute atomic E-state index is 11.9. The molecular formula is C13H26N2O3S. The first kappa shape index (κ1) is 16.4. The zero-order valence-corrected chi connectivity index (χ0v) is 12.9. The Labute approximate surface area is 116 Å². The molecule has 3 atom stereocenters. The minimum Gasteiger partial charge on any atom is -0.352 e. The van der Waals surface area contributed by atoms with Crippen molar-refractivity contribution >= 4 is 15.7 Å². The van der Waals surface area contributed by atoms with Crippen LogP contribution >= 0.6 is 0 Å². The van der Waals surface area contributed by atoms with Crippen molar-refractivity contribution in [3.63, 3.8) is 0 Å². The van der Waals surface area contributed by atoms with Crippen LogP contribution in [0.4, 0.5) is 0 Å². The van der Waals surface area contributed by atoms with E-state index in [-0.39, 0.29) is 35.5 Å². The monoisotopic (exact) mass is 290 g/mol. The number of hydrogen-bond acceptors (Lipinski definition) is 4. The van der Waals surface area contributed by atoms with E-state index >= 15 is 0 Å². The van der Waals surface area contributed by atoms with E-state index in [1.807, 2.05) is 6.92 Å². The van der Waals surface area contributed by atoms with E-state index < -0.39 is 9.84 Å². The summed E-state index contributed by atoms with van der Waals surface area (Å²) in [4.78, 5) is 11.9. The van der Waals surface area contributed by atoms with E-state index in [9.17, 15) is 13.2 Å². The highest BCUT2D eigenvalue weighted by molar-refractivity contribution is 7.91. The molecule has 112 valence electrons. The van der Waals surface area contributed by atoms with E-state index in [0.29, 0.717) is 6.42 Å². The average Bonchev–Trinajstić information content (AvgIpc) is 2.27. The molecule has 0 aliphatic carbocycles. The van der Waals surface area contributed by atoms with Crippen molar-refractivity contribution in [1.82, 2.24) is 10.6 Å². The van der Waals surface area contributed by atoms with E-state index in [1.54, 1.807) is 6.92 Å². The Hall–Kier alpha value is -0.620. The molecule has 2 N–H and O–H groups in total. The second-order valence-corrected chi connectivity index (χ2v) is 7.77. The highest BCUT2D eigenvalue weighted by Crippen LogP contribution is 2.12. The summed E-state index contributed by atoms with van der Waals surface area (Å²) in [6.07, 6.45) is 3.49. The molecule has 0 radical (unpaired) electrons. The SMILES string of the molecule is CCCC(C)NC(=O)C(C)NC1CCCS(=O)(=O)C1. The fourth-order valence-corrected chi connectivity index (χ4v) is 4.11. The topological polar surface area (TPSA) is 75.3 Å². The lowest BCUT2D eigenvalue weighted by Crippen LogP contribution is -2.51. The quantitative estimate of drug-likeness (QED) is 0.760. The first-order chi connectivity index (χ1) is 8.84. The number of carbonyl (C=O) groups is 1. The van der Waals surface area contributed by atoms with Gasteiger partial charge in [-0.25, -0.2) is 8.42 Å². The third kappa shape index (κ3) is 5.91. The summed E-state index contributed by atoms with van der Waals surface area (Å²) in [6.45, 7) is 5.85. The number of rotatable bonds is 6. The molecular weight excluding hydrogens is 264 g/mol. The molecule has 5 nitrogen and oxygen atoms in total. The summed E-state index contributed by atoms with van der Waals surface area (Å²) in [7, 11) is -2.93. The Bertz CT molecular complexity index is 395. The van der Waals surface area contributed by atoms with E-state index in [1.165, 1.54) is 0 Å². The first-order valence-corrected chi connectivity index (χ1v) is 8.93. The van der Waals surface area contributed by atoms with Crippen LogP contribution in [0.25, 0.3) is 0 Å². The Morgan fingerprint density at radius 2 is 2.05 bits per heavy atom. The van der Waals surface area contributed by atoms with Crippen molar-refractivity contribution in [2.24, 2.45) is 0 Å². The predicted molar refractivity (Wildman–Crippen MR) is 76.8 cm³/mol. The van der Waals surface area contributed by atoms with Crippen LogP contribution < -0.4 is 10.6 Å². The van der Waals surface area contributed by atoms with Crippen LogP contribution in [0.2, 0.25) is 0 Å². The molecule has 0 aromatic rings. The van der Waals surface area contributed by atoms with Crippen LogP contribution in [0.1, 0.15) is 46.5 Å². The summed E-state index contributed by atoms with van der Waals surface area (Å²) in [5.74, 6) is 0.373. The second kappa shape index (κ2) is 7.24. The molecule has 1 amide bonds. The highest BCUT2D eigenvalue weighted by atomic mass is 32.2. The highest BCUT2D eigenvalue weighted by Gasteiger charge is 2.27. The summed E-state index contributed by atoms with van der Waals surface area (Å²) in [6, 6.07) is -0.282. The molecule has 0 saturated carbocycles. The Morgan fingerprint density at radius 1 is 1.37 bits per heavy atom. The van der Waals surface area contributed by atoms with Crippen molar-refractivity contribution in [3.8, 4) is 0 Å². The lowest BCUT2D eigenvalue weighted by molar-refractivity contribution is -0.123. The minimum absolute atomic E-state index is 0.0519. The number of carbonyl (C=O) groups excluding carboxylic acids is 1. The number of sulfone groups is 1. The van der Waals surface area contributed by atoms with Crippen LogP contribution in [-0.2, 0) is 14.6 Å². The fourth-order valence-electron chi connectivity index (χ4n) is 2.46. The average molecular weight is 290 g/mol. The van der Waals surface area contributed by atoms with Gasteiger partial charge in [0.25, 0.3) is 0 Å². The van der Waals surface area contributed by atoms with Gasteiger partial charge >= 0.3 is 0 Å². The van der Waals surface area contributed by atoms with Gasteiger partial charge in [-0.05, 0) is 33.1 Å². The summed E-state index contributed by atoms with van der Waals surface area (Å²) in [5.41, 5.74) is 0. The molecule has 1 saturated heterocycles. The maximum atomic E-state index is 11.9. The molecule has 3 unspecified atom stereocenters. The fraction of sp³-hybridized carbons (Fsp3) is 0.923. The lowest BCUT2D eigenvalue weighted by atomic mass is 10.1. The summed E-state index contributed by atoms with van der Waals surface area (Å²) >= 11 is 0. The standard InChI is InChI=1S/C13H26N2O3S/c1-4-6-10(2)14-13(16)11(3)15-12-7-5-8-19(17,18)9-12/h10-12,15H,4-9H2,1-3H3,(H,14,16). The third-order valence-electron chi connectivity index (χ3n) is 3.45. The summed E-state index contributed by atoms with van der Waals surface area (Å²) in [5, 5.41) is 6.07. The molecule has 0 aromatic carbocycles. The van der Waals surface area contributed by atoms with Crippen molar-refractivity contribution in [2.45, 2.75) is 64.6 Å². The van der Waals surface area contributed by atoms with Gasteiger partial charge in [0.15, 0.2) is 9.84 Å². The lowest BCUT2D eigenvalue weighted by Gasteiger charge is -2.26. The van der Waals surface area contributed by atoms with Crippen molar-refractivity contribution in [2.75, 3.05) is 11.5 Å². The molecule has 1 aliphatic heterocycles. The molecule has 1 aliphatic rings. The van der Waals surface area contributed by atoms with Crippen LogP contribution in [-0.4, -0.2) is 44.0 Å².